The highest BCUT2D eigenvalue weighted by atomic mass is 16.2. The summed E-state index contributed by atoms with van der Waals surface area (Å²) in [5, 5.41) is 12.7. The normalized spacial score (nSPS) is 13.8. The highest BCUT2D eigenvalue weighted by Gasteiger charge is 2.19. The number of hydrogen-bond donors (Lipinski definition) is 1. The number of amides is 1. The summed E-state index contributed by atoms with van der Waals surface area (Å²) in [5.41, 5.74) is 5.29. The van der Waals surface area contributed by atoms with Crippen LogP contribution in [-0.4, -0.2) is 22.3 Å². The van der Waals surface area contributed by atoms with Crippen LogP contribution in [0.2, 0.25) is 0 Å². The third kappa shape index (κ3) is 3.97. The standard InChI is InChI=1S/C20H22N4O/c1-14-9-19(18(11-21)15(2)23-14)22-12-16-5-3-6-17(10-16)13-24-8-4-7-20(24)25/h3,5-6,9-10H,4,7-8,12-13H2,1-2H3,(H,22,23). The van der Waals surface area contributed by atoms with E-state index in [1.807, 2.05) is 30.9 Å². The van der Waals surface area contributed by atoms with Gasteiger partial charge >= 0.3 is 0 Å². The lowest BCUT2D eigenvalue weighted by molar-refractivity contribution is -0.128. The second-order valence-corrected chi connectivity index (χ2v) is 6.48. The van der Waals surface area contributed by atoms with Crippen molar-refractivity contribution >= 4 is 11.6 Å². The first-order chi connectivity index (χ1) is 12.1. The van der Waals surface area contributed by atoms with Gasteiger partial charge in [-0.25, -0.2) is 0 Å². The van der Waals surface area contributed by atoms with E-state index in [1.165, 1.54) is 0 Å². The van der Waals surface area contributed by atoms with Gasteiger partial charge in [-0.2, -0.15) is 5.26 Å². The van der Waals surface area contributed by atoms with Gasteiger partial charge in [-0.05, 0) is 37.5 Å². The number of hydrogen-bond acceptors (Lipinski definition) is 4. The molecule has 0 radical (unpaired) electrons. The van der Waals surface area contributed by atoms with Crippen LogP contribution in [0.25, 0.3) is 0 Å². The Kier molecular flexibility index (Phi) is 4.99. The van der Waals surface area contributed by atoms with Crippen molar-refractivity contribution in [2.45, 2.75) is 39.8 Å². The fraction of sp³-hybridized carbons (Fsp3) is 0.350. The number of likely N-dealkylation sites (tertiary alicyclic amines) is 1. The van der Waals surface area contributed by atoms with Gasteiger partial charge in [-0.1, -0.05) is 24.3 Å². The molecule has 1 aromatic carbocycles. The first-order valence-electron chi connectivity index (χ1n) is 8.54. The molecule has 1 amide bonds. The molecule has 1 saturated heterocycles. The Morgan fingerprint density at radius 2 is 2.08 bits per heavy atom. The van der Waals surface area contributed by atoms with Crippen LogP contribution in [-0.2, 0) is 17.9 Å². The van der Waals surface area contributed by atoms with Crippen LogP contribution in [0.3, 0.4) is 0 Å². The van der Waals surface area contributed by atoms with Crippen LogP contribution >= 0.6 is 0 Å². The number of pyridine rings is 1. The third-order valence-corrected chi connectivity index (χ3v) is 4.46. The Labute approximate surface area is 148 Å². The lowest BCUT2D eigenvalue weighted by atomic mass is 10.1. The number of anilines is 1. The molecule has 1 aliphatic rings. The fourth-order valence-electron chi connectivity index (χ4n) is 3.24. The van der Waals surface area contributed by atoms with Crippen molar-refractivity contribution in [3.8, 4) is 6.07 Å². The van der Waals surface area contributed by atoms with E-state index in [2.05, 4.69) is 34.6 Å². The Morgan fingerprint density at radius 1 is 1.28 bits per heavy atom. The number of nitriles is 1. The van der Waals surface area contributed by atoms with Crippen LogP contribution in [0.15, 0.2) is 30.3 Å². The van der Waals surface area contributed by atoms with Crippen LogP contribution in [0, 0.1) is 25.2 Å². The van der Waals surface area contributed by atoms with Gasteiger partial charge in [0.1, 0.15) is 6.07 Å². The Morgan fingerprint density at radius 3 is 2.80 bits per heavy atom. The lowest BCUT2D eigenvalue weighted by Gasteiger charge is -2.16. The van der Waals surface area contributed by atoms with Crippen LogP contribution in [0.4, 0.5) is 5.69 Å². The van der Waals surface area contributed by atoms with E-state index in [0.29, 0.717) is 25.1 Å². The summed E-state index contributed by atoms with van der Waals surface area (Å²) >= 11 is 0. The zero-order valence-electron chi connectivity index (χ0n) is 14.7. The van der Waals surface area contributed by atoms with Crippen molar-refractivity contribution in [3.63, 3.8) is 0 Å². The quantitative estimate of drug-likeness (QED) is 0.911. The number of benzene rings is 1. The Bertz CT molecular complexity index is 838. The fourth-order valence-corrected chi connectivity index (χ4v) is 3.24. The molecule has 0 bridgehead atoms. The molecule has 3 rings (SSSR count). The second-order valence-electron chi connectivity index (χ2n) is 6.48. The molecule has 128 valence electrons. The average Bonchev–Trinajstić information content (AvgIpc) is 2.98. The molecule has 5 nitrogen and oxygen atoms in total. The number of rotatable bonds is 5. The number of carbonyl (C=O) groups excluding carboxylic acids is 1. The Balaban J connectivity index is 1.71. The number of aromatic nitrogens is 1. The predicted molar refractivity (Wildman–Crippen MR) is 96.8 cm³/mol. The molecule has 1 aromatic heterocycles. The molecule has 0 aliphatic carbocycles. The third-order valence-electron chi connectivity index (χ3n) is 4.46. The van der Waals surface area contributed by atoms with Gasteiger partial charge in [-0.15, -0.1) is 0 Å². The van der Waals surface area contributed by atoms with Gasteiger partial charge in [0.05, 0.1) is 16.9 Å². The van der Waals surface area contributed by atoms with Gasteiger partial charge in [0, 0.05) is 31.7 Å². The molecule has 1 fully saturated rings. The summed E-state index contributed by atoms with van der Waals surface area (Å²) in [7, 11) is 0. The van der Waals surface area contributed by atoms with Gasteiger partial charge in [0.2, 0.25) is 5.91 Å². The van der Waals surface area contributed by atoms with Gasteiger partial charge in [0.15, 0.2) is 0 Å². The first kappa shape index (κ1) is 17.0. The lowest BCUT2D eigenvalue weighted by Crippen LogP contribution is -2.23. The SMILES string of the molecule is Cc1cc(NCc2cccc(CN3CCCC3=O)c2)c(C#N)c(C)n1. The molecular weight excluding hydrogens is 312 g/mol. The zero-order valence-corrected chi connectivity index (χ0v) is 14.7. The van der Waals surface area contributed by atoms with E-state index in [9.17, 15) is 10.1 Å². The minimum absolute atomic E-state index is 0.241. The molecule has 5 heteroatoms. The topological polar surface area (TPSA) is 69.0 Å². The molecule has 0 atom stereocenters. The van der Waals surface area contributed by atoms with Crippen LogP contribution < -0.4 is 5.32 Å². The Hall–Kier alpha value is -2.87. The molecule has 0 saturated carbocycles. The maximum absolute atomic E-state index is 11.8. The summed E-state index contributed by atoms with van der Waals surface area (Å²) in [4.78, 5) is 18.0. The summed E-state index contributed by atoms with van der Waals surface area (Å²) in [6, 6.07) is 12.4. The van der Waals surface area contributed by atoms with E-state index in [-0.39, 0.29) is 5.91 Å². The molecule has 2 heterocycles. The summed E-state index contributed by atoms with van der Waals surface area (Å²) in [6.45, 7) is 5.92. The number of nitrogens with one attached hydrogen (secondary N) is 1. The first-order valence-corrected chi connectivity index (χ1v) is 8.54. The van der Waals surface area contributed by atoms with Crippen LogP contribution in [0.5, 0.6) is 0 Å². The molecular formula is C20H22N4O. The molecule has 2 aromatic rings. The summed E-state index contributed by atoms with van der Waals surface area (Å²) in [6.07, 6.45) is 1.62. The van der Waals surface area contributed by atoms with Crippen molar-refractivity contribution in [3.05, 3.63) is 58.4 Å². The minimum Gasteiger partial charge on any atom is -0.380 e. The maximum atomic E-state index is 11.8. The average molecular weight is 334 g/mol. The van der Waals surface area contributed by atoms with E-state index in [1.54, 1.807) is 0 Å². The summed E-state index contributed by atoms with van der Waals surface area (Å²) in [5.74, 6) is 0.241. The highest BCUT2D eigenvalue weighted by Crippen LogP contribution is 2.20. The van der Waals surface area contributed by atoms with Crippen molar-refractivity contribution in [1.82, 2.24) is 9.88 Å². The molecule has 0 unspecified atom stereocenters. The maximum Gasteiger partial charge on any atom is 0.222 e. The van der Waals surface area contributed by atoms with Crippen molar-refractivity contribution in [2.75, 3.05) is 11.9 Å². The molecule has 1 N–H and O–H groups in total. The van der Waals surface area contributed by atoms with E-state index < -0.39 is 0 Å². The van der Waals surface area contributed by atoms with Gasteiger partial charge in [-0.3, -0.25) is 9.78 Å². The molecule has 0 spiro atoms. The number of carbonyl (C=O) groups is 1. The van der Waals surface area contributed by atoms with Crippen molar-refractivity contribution in [2.24, 2.45) is 0 Å². The number of aryl methyl sites for hydroxylation is 2. The molecule has 1 aliphatic heterocycles. The van der Waals surface area contributed by atoms with Crippen molar-refractivity contribution in [1.29, 1.82) is 5.26 Å². The monoisotopic (exact) mass is 334 g/mol. The van der Waals surface area contributed by atoms with E-state index in [4.69, 9.17) is 0 Å². The minimum atomic E-state index is 0.241. The largest absolute Gasteiger partial charge is 0.380 e. The number of nitrogens with zero attached hydrogens (tertiary/aromatic N) is 3. The van der Waals surface area contributed by atoms with Gasteiger partial charge < -0.3 is 10.2 Å². The van der Waals surface area contributed by atoms with Gasteiger partial charge in [0.25, 0.3) is 0 Å². The van der Waals surface area contributed by atoms with E-state index >= 15 is 0 Å². The molecule has 25 heavy (non-hydrogen) atoms. The van der Waals surface area contributed by atoms with Crippen LogP contribution in [0.1, 0.15) is 40.9 Å². The second kappa shape index (κ2) is 7.35. The van der Waals surface area contributed by atoms with Crippen molar-refractivity contribution < 1.29 is 4.79 Å². The van der Waals surface area contributed by atoms with E-state index in [0.717, 1.165) is 41.2 Å². The predicted octanol–water partition coefficient (Wildman–Crippen LogP) is 3.30. The zero-order chi connectivity index (χ0) is 17.8. The summed E-state index contributed by atoms with van der Waals surface area (Å²) < 4.78 is 0. The smallest absolute Gasteiger partial charge is 0.222 e. The highest BCUT2D eigenvalue weighted by molar-refractivity contribution is 5.78.